The predicted molar refractivity (Wildman–Crippen MR) is 50.1 cm³/mol. The molecule has 1 rings (SSSR count). The number of nitrogens with two attached hydrogens (primary N) is 1. The van der Waals surface area contributed by atoms with E-state index in [2.05, 4.69) is 4.98 Å². The van der Waals surface area contributed by atoms with Crippen LogP contribution >= 0.6 is 0 Å². The van der Waals surface area contributed by atoms with E-state index in [-0.39, 0.29) is 0 Å². The van der Waals surface area contributed by atoms with Gasteiger partial charge in [0, 0.05) is 11.8 Å². The van der Waals surface area contributed by atoms with E-state index in [1.54, 1.807) is 19.1 Å². The lowest BCUT2D eigenvalue weighted by Gasteiger charge is -1.99. The van der Waals surface area contributed by atoms with Crippen LogP contribution in [0.5, 0.6) is 0 Å². The van der Waals surface area contributed by atoms with Gasteiger partial charge in [0.2, 0.25) is 0 Å². The Morgan fingerprint density at radius 2 is 2.31 bits per heavy atom. The van der Waals surface area contributed by atoms with Crippen molar-refractivity contribution in [3.8, 4) is 0 Å². The third-order valence-corrected chi connectivity index (χ3v) is 1.55. The van der Waals surface area contributed by atoms with Crippen LogP contribution in [0.25, 0.3) is 6.08 Å². The minimum Gasteiger partial charge on any atom is -0.478 e. The van der Waals surface area contributed by atoms with E-state index in [0.29, 0.717) is 5.82 Å². The third kappa shape index (κ3) is 2.59. The molecule has 68 valence electrons. The first kappa shape index (κ1) is 9.25. The molecule has 13 heavy (non-hydrogen) atoms. The molecule has 4 heteroatoms. The smallest absolute Gasteiger partial charge is 0.328 e. The van der Waals surface area contributed by atoms with E-state index in [1.807, 2.05) is 0 Å². The summed E-state index contributed by atoms with van der Waals surface area (Å²) >= 11 is 0. The van der Waals surface area contributed by atoms with Gasteiger partial charge >= 0.3 is 5.97 Å². The van der Waals surface area contributed by atoms with Gasteiger partial charge in [0.15, 0.2) is 0 Å². The van der Waals surface area contributed by atoms with Gasteiger partial charge in [-0.15, -0.1) is 0 Å². The highest BCUT2D eigenvalue weighted by Gasteiger charge is 1.96. The summed E-state index contributed by atoms with van der Waals surface area (Å²) in [5.74, 6) is -0.541. The van der Waals surface area contributed by atoms with Crippen LogP contribution in [0.15, 0.2) is 18.2 Å². The molecule has 1 aromatic heterocycles. The van der Waals surface area contributed by atoms with Crippen LogP contribution in [0.3, 0.4) is 0 Å². The fraction of sp³-hybridized carbons (Fsp3) is 0.111. The van der Waals surface area contributed by atoms with E-state index >= 15 is 0 Å². The summed E-state index contributed by atoms with van der Waals surface area (Å²) < 4.78 is 0. The third-order valence-electron chi connectivity index (χ3n) is 1.55. The second kappa shape index (κ2) is 3.71. The maximum atomic E-state index is 10.2. The Balaban J connectivity index is 2.96. The van der Waals surface area contributed by atoms with Gasteiger partial charge in [0.1, 0.15) is 5.82 Å². The summed E-state index contributed by atoms with van der Waals surface area (Å²) in [5.41, 5.74) is 6.91. The summed E-state index contributed by atoms with van der Waals surface area (Å²) in [5, 5.41) is 8.39. The fourth-order valence-corrected chi connectivity index (χ4v) is 0.928. The molecule has 0 saturated heterocycles. The van der Waals surface area contributed by atoms with Gasteiger partial charge in [-0.1, -0.05) is 0 Å². The van der Waals surface area contributed by atoms with E-state index < -0.39 is 5.97 Å². The van der Waals surface area contributed by atoms with Crippen molar-refractivity contribution in [2.45, 2.75) is 6.92 Å². The molecule has 0 radical (unpaired) electrons. The Morgan fingerprint density at radius 3 is 2.85 bits per heavy atom. The second-order valence-electron chi connectivity index (χ2n) is 2.58. The number of carbonyl (C=O) groups is 1. The molecule has 0 aliphatic heterocycles. The topological polar surface area (TPSA) is 76.2 Å². The molecule has 1 aromatic rings. The number of aromatic nitrogens is 1. The van der Waals surface area contributed by atoms with Crippen LogP contribution in [0, 0.1) is 6.92 Å². The number of nitrogens with zero attached hydrogens (tertiary/aromatic N) is 1. The Hall–Kier alpha value is -1.84. The molecule has 0 amide bonds. The zero-order valence-electron chi connectivity index (χ0n) is 7.19. The molecule has 4 nitrogen and oxygen atoms in total. The molecule has 0 spiro atoms. The van der Waals surface area contributed by atoms with E-state index in [9.17, 15) is 4.79 Å². The Kier molecular flexibility index (Phi) is 2.64. The number of rotatable bonds is 2. The summed E-state index contributed by atoms with van der Waals surface area (Å²) in [4.78, 5) is 14.2. The lowest BCUT2D eigenvalue weighted by atomic mass is 10.2. The van der Waals surface area contributed by atoms with E-state index in [4.69, 9.17) is 10.8 Å². The molecule has 1 heterocycles. The fourth-order valence-electron chi connectivity index (χ4n) is 0.928. The highest BCUT2D eigenvalue weighted by Crippen LogP contribution is 2.09. The van der Waals surface area contributed by atoms with Crippen LogP contribution in [0.4, 0.5) is 5.82 Å². The monoisotopic (exact) mass is 178 g/mol. The zero-order chi connectivity index (χ0) is 9.84. The first-order chi connectivity index (χ1) is 6.09. The van der Waals surface area contributed by atoms with E-state index in [1.165, 1.54) is 6.08 Å². The van der Waals surface area contributed by atoms with Crippen LogP contribution in [0.1, 0.15) is 11.3 Å². The number of pyridine rings is 1. The zero-order valence-corrected chi connectivity index (χ0v) is 7.19. The first-order valence-electron chi connectivity index (χ1n) is 3.73. The quantitative estimate of drug-likeness (QED) is 0.664. The maximum Gasteiger partial charge on any atom is 0.328 e. The Morgan fingerprint density at radius 1 is 1.62 bits per heavy atom. The number of anilines is 1. The maximum absolute atomic E-state index is 10.2. The highest BCUT2D eigenvalue weighted by atomic mass is 16.4. The molecule has 0 fully saturated rings. The number of nitrogen functional groups attached to an aromatic ring is 1. The highest BCUT2D eigenvalue weighted by molar-refractivity contribution is 5.85. The van der Waals surface area contributed by atoms with Gasteiger partial charge in [-0.3, -0.25) is 0 Å². The van der Waals surface area contributed by atoms with Gasteiger partial charge < -0.3 is 10.8 Å². The molecule has 0 aromatic carbocycles. The number of carboxylic acid groups (broad SMARTS) is 1. The largest absolute Gasteiger partial charge is 0.478 e. The summed E-state index contributed by atoms with van der Waals surface area (Å²) in [7, 11) is 0. The summed E-state index contributed by atoms with van der Waals surface area (Å²) in [6.07, 6.45) is 2.56. The van der Waals surface area contributed by atoms with Crippen molar-refractivity contribution in [1.29, 1.82) is 0 Å². The van der Waals surface area contributed by atoms with Gasteiger partial charge in [0.25, 0.3) is 0 Å². The number of hydrogen-bond donors (Lipinski definition) is 2. The molecular weight excluding hydrogens is 168 g/mol. The van der Waals surface area contributed by atoms with Crippen molar-refractivity contribution in [2.75, 3.05) is 5.73 Å². The average molecular weight is 178 g/mol. The minimum atomic E-state index is -0.976. The second-order valence-corrected chi connectivity index (χ2v) is 2.58. The normalized spacial score (nSPS) is 10.5. The van der Waals surface area contributed by atoms with E-state index in [0.717, 1.165) is 17.3 Å². The summed E-state index contributed by atoms with van der Waals surface area (Å²) in [6.45, 7) is 1.78. The molecular formula is C9H10N2O2. The van der Waals surface area contributed by atoms with Gasteiger partial charge in [-0.2, -0.15) is 0 Å². The van der Waals surface area contributed by atoms with Crippen molar-refractivity contribution in [3.63, 3.8) is 0 Å². The van der Waals surface area contributed by atoms with Crippen LogP contribution in [0.2, 0.25) is 0 Å². The number of carboxylic acids is 1. The van der Waals surface area contributed by atoms with Crippen LogP contribution in [-0.2, 0) is 4.79 Å². The Labute approximate surface area is 75.7 Å². The minimum absolute atomic E-state index is 0.435. The SMILES string of the molecule is Cc1nc(N)ccc1C=CC(=O)O. The number of aryl methyl sites for hydroxylation is 1. The Bertz CT molecular complexity index is 359. The molecule has 0 saturated carbocycles. The number of hydrogen-bond acceptors (Lipinski definition) is 3. The lowest BCUT2D eigenvalue weighted by Crippen LogP contribution is -1.94. The van der Waals surface area contributed by atoms with Crippen molar-refractivity contribution >= 4 is 17.9 Å². The van der Waals surface area contributed by atoms with Crippen LogP contribution < -0.4 is 5.73 Å². The van der Waals surface area contributed by atoms with Crippen LogP contribution in [-0.4, -0.2) is 16.1 Å². The molecule has 0 atom stereocenters. The predicted octanol–water partition coefficient (Wildman–Crippen LogP) is 1.07. The average Bonchev–Trinajstić information content (AvgIpc) is 2.02. The molecule has 0 bridgehead atoms. The van der Waals surface area contributed by atoms with Gasteiger partial charge in [-0.05, 0) is 30.7 Å². The lowest BCUT2D eigenvalue weighted by molar-refractivity contribution is -0.131. The standard InChI is InChI=1S/C9H10N2O2/c1-6-7(3-5-9(12)13)2-4-8(10)11-6/h2-5H,1H3,(H2,10,11)(H,12,13). The van der Waals surface area contributed by atoms with Crippen molar-refractivity contribution in [3.05, 3.63) is 29.5 Å². The van der Waals surface area contributed by atoms with Gasteiger partial charge in [-0.25, -0.2) is 9.78 Å². The molecule has 0 unspecified atom stereocenters. The van der Waals surface area contributed by atoms with Crippen molar-refractivity contribution in [1.82, 2.24) is 4.98 Å². The van der Waals surface area contributed by atoms with Crippen molar-refractivity contribution < 1.29 is 9.90 Å². The molecule has 3 N–H and O–H groups in total. The molecule has 0 aliphatic carbocycles. The first-order valence-corrected chi connectivity index (χ1v) is 3.73. The van der Waals surface area contributed by atoms with Crippen molar-refractivity contribution in [2.24, 2.45) is 0 Å². The molecule has 0 aliphatic rings. The summed E-state index contributed by atoms with van der Waals surface area (Å²) in [6, 6.07) is 3.37. The van der Waals surface area contributed by atoms with Gasteiger partial charge in [0.05, 0.1) is 0 Å². The number of aliphatic carboxylic acids is 1.